The van der Waals surface area contributed by atoms with Crippen LogP contribution in [0.15, 0.2) is 30.6 Å². The summed E-state index contributed by atoms with van der Waals surface area (Å²) in [5, 5.41) is 12.6. The fourth-order valence-corrected chi connectivity index (χ4v) is 2.69. The van der Waals surface area contributed by atoms with Crippen molar-refractivity contribution >= 4 is 11.8 Å². The lowest BCUT2D eigenvalue weighted by atomic mass is 10.1. The standard InChI is InChI=1S/C16H17N3O2/c1-10(11-5-7-17-8-6-11)18-15-13(16(20)21)9-12-3-2-4-14(12)19-15/h5-10H,2-4H2,1H3,(H,18,19)(H,20,21). The van der Waals surface area contributed by atoms with Crippen molar-refractivity contribution < 1.29 is 9.90 Å². The third-order valence-corrected chi connectivity index (χ3v) is 3.84. The highest BCUT2D eigenvalue weighted by molar-refractivity contribution is 5.93. The van der Waals surface area contributed by atoms with Crippen molar-refractivity contribution in [2.75, 3.05) is 5.32 Å². The molecule has 0 fully saturated rings. The Hall–Kier alpha value is -2.43. The van der Waals surface area contributed by atoms with Gasteiger partial charge in [0.2, 0.25) is 0 Å². The van der Waals surface area contributed by atoms with Crippen molar-refractivity contribution in [3.8, 4) is 0 Å². The van der Waals surface area contributed by atoms with E-state index in [4.69, 9.17) is 0 Å². The number of carbonyl (C=O) groups is 1. The molecule has 21 heavy (non-hydrogen) atoms. The Kier molecular flexibility index (Phi) is 3.56. The van der Waals surface area contributed by atoms with E-state index in [9.17, 15) is 9.90 Å². The van der Waals surface area contributed by atoms with Crippen molar-refractivity contribution in [2.24, 2.45) is 0 Å². The lowest BCUT2D eigenvalue weighted by Gasteiger charge is -2.17. The minimum absolute atomic E-state index is 0.0296. The van der Waals surface area contributed by atoms with E-state index in [0.717, 1.165) is 36.1 Å². The first-order chi connectivity index (χ1) is 10.1. The number of anilines is 1. The molecule has 1 aliphatic rings. The number of hydrogen-bond donors (Lipinski definition) is 2. The minimum Gasteiger partial charge on any atom is -0.478 e. The van der Waals surface area contributed by atoms with Gasteiger partial charge in [0.15, 0.2) is 0 Å². The smallest absolute Gasteiger partial charge is 0.339 e. The van der Waals surface area contributed by atoms with Crippen molar-refractivity contribution in [3.05, 3.63) is 53.0 Å². The second kappa shape index (κ2) is 5.52. The summed E-state index contributed by atoms with van der Waals surface area (Å²) in [4.78, 5) is 20.0. The Labute approximate surface area is 123 Å². The van der Waals surface area contributed by atoms with Gasteiger partial charge in [0, 0.05) is 18.1 Å². The summed E-state index contributed by atoms with van der Waals surface area (Å²) < 4.78 is 0. The average Bonchev–Trinajstić information content (AvgIpc) is 2.94. The van der Waals surface area contributed by atoms with Gasteiger partial charge >= 0.3 is 5.97 Å². The van der Waals surface area contributed by atoms with Gasteiger partial charge in [-0.2, -0.15) is 0 Å². The van der Waals surface area contributed by atoms with Gasteiger partial charge in [0.25, 0.3) is 0 Å². The monoisotopic (exact) mass is 283 g/mol. The van der Waals surface area contributed by atoms with Gasteiger partial charge in [-0.25, -0.2) is 9.78 Å². The Morgan fingerprint density at radius 1 is 1.33 bits per heavy atom. The summed E-state index contributed by atoms with van der Waals surface area (Å²) in [6.45, 7) is 1.98. The van der Waals surface area contributed by atoms with Crippen LogP contribution in [0.5, 0.6) is 0 Å². The van der Waals surface area contributed by atoms with Crippen molar-refractivity contribution in [1.82, 2.24) is 9.97 Å². The molecule has 2 aromatic heterocycles. The van der Waals surface area contributed by atoms with Crippen LogP contribution in [0.25, 0.3) is 0 Å². The molecule has 0 aromatic carbocycles. The largest absolute Gasteiger partial charge is 0.478 e. The normalized spacial score (nSPS) is 14.5. The summed E-state index contributed by atoms with van der Waals surface area (Å²) in [6, 6.07) is 5.55. The molecule has 5 heteroatoms. The average molecular weight is 283 g/mol. The molecule has 1 aliphatic carbocycles. The number of aromatic carboxylic acids is 1. The number of pyridine rings is 2. The zero-order valence-corrected chi connectivity index (χ0v) is 11.8. The number of fused-ring (bicyclic) bond motifs is 1. The maximum atomic E-state index is 11.4. The van der Waals surface area contributed by atoms with E-state index in [0.29, 0.717) is 5.82 Å². The first-order valence-electron chi connectivity index (χ1n) is 7.07. The number of carboxylic acids is 1. The molecule has 2 N–H and O–H groups in total. The maximum absolute atomic E-state index is 11.4. The maximum Gasteiger partial charge on any atom is 0.339 e. The quantitative estimate of drug-likeness (QED) is 0.902. The molecule has 3 rings (SSSR count). The second-order valence-electron chi connectivity index (χ2n) is 5.30. The highest BCUT2D eigenvalue weighted by atomic mass is 16.4. The predicted molar refractivity (Wildman–Crippen MR) is 79.5 cm³/mol. The molecule has 0 spiro atoms. The number of hydrogen-bond acceptors (Lipinski definition) is 4. The van der Waals surface area contributed by atoms with Crippen molar-refractivity contribution in [1.29, 1.82) is 0 Å². The van der Waals surface area contributed by atoms with Crippen molar-refractivity contribution in [3.63, 3.8) is 0 Å². The van der Waals surface area contributed by atoms with Crippen LogP contribution in [0.3, 0.4) is 0 Å². The predicted octanol–water partition coefficient (Wildman–Crippen LogP) is 2.84. The van der Waals surface area contributed by atoms with Crippen LogP contribution in [0.4, 0.5) is 5.82 Å². The molecule has 0 saturated heterocycles. The molecule has 5 nitrogen and oxygen atoms in total. The Bertz CT molecular complexity index is 671. The van der Waals surface area contributed by atoms with Gasteiger partial charge < -0.3 is 10.4 Å². The van der Waals surface area contributed by atoms with E-state index in [1.807, 2.05) is 19.1 Å². The van der Waals surface area contributed by atoms with Gasteiger partial charge in [-0.3, -0.25) is 4.98 Å². The summed E-state index contributed by atoms with van der Waals surface area (Å²) in [7, 11) is 0. The van der Waals surface area contributed by atoms with Gasteiger partial charge in [0.05, 0.1) is 6.04 Å². The molecule has 0 aliphatic heterocycles. The zero-order chi connectivity index (χ0) is 14.8. The molecule has 0 saturated carbocycles. The molecule has 1 unspecified atom stereocenters. The minimum atomic E-state index is -0.943. The lowest BCUT2D eigenvalue weighted by Crippen LogP contribution is -2.13. The van der Waals surface area contributed by atoms with E-state index in [-0.39, 0.29) is 11.6 Å². The third kappa shape index (κ3) is 2.72. The molecular weight excluding hydrogens is 266 g/mol. The Morgan fingerprint density at radius 3 is 2.81 bits per heavy atom. The Morgan fingerprint density at radius 2 is 2.10 bits per heavy atom. The van der Waals surface area contributed by atoms with Crippen LogP contribution in [0, 0.1) is 0 Å². The summed E-state index contributed by atoms with van der Waals surface area (Å²) in [6.07, 6.45) is 6.34. The highest BCUT2D eigenvalue weighted by Gasteiger charge is 2.21. The summed E-state index contributed by atoms with van der Waals surface area (Å²) in [5.41, 5.74) is 3.37. The van der Waals surface area contributed by atoms with Crippen LogP contribution >= 0.6 is 0 Å². The second-order valence-corrected chi connectivity index (χ2v) is 5.30. The number of nitrogens with one attached hydrogen (secondary N) is 1. The number of carboxylic acid groups (broad SMARTS) is 1. The van der Waals surface area contributed by atoms with E-state index < -0.39 is 5.97 Å². The number of rotatable bonds is 4. The van der Waals surface area contributed by atoms with Crippen LogP contribution in [-0.4, -0.2) is 21.0 Å². The van der Waals surface area contributed by atoms with E-state index in [2.05, 4.69) is 15.3 Å². The molecule has 2 heterocycles. The Balaban J connectivity index is 1.93. The summed E-state index contributed by atoms with van der Waals surface area (Å²) in [5.74, 6) is -0.492. The van der Waals surface area contributed by atoms with Crippen LogP contribution < -0.4 is 5.32 Å². The van der Waals surface area contributed by atoms with Gasteiger partial charge in [-0.05, 0) is 55.5 Å². The third-order valence-electron chi connectivity index (χ3n) is 3.84. The number of aromatic nitrogens is 2. The topological polar surface area (TPSA) is 75.1 Å². The van der Waals surface area contributed by atoms with Gasteiger partial charge in [-0.15, -0.1) is 0 Å². The molecule has 1 atom stereocenters. The molecule has 0 bridgehead atoms. The number of aryl methyl sites for hydroxylation is 2. The van der Waals surface area contributed by atoms with E-state index >= 15 is 0 Å². The van der Waals surface area contributed by atoms with Gasteiger partial charge in [0.1, 0.15) is 11.4 Å². The zero-order valence-electron chi connectivity index (χ0n) is 11.8. The van der Waals surface area contributed by atoms with Gasteiger partial charge in [-0.1, -0.05) is 0 Å². The molecule has 0 radical (unpaired) electrons. The SMILES string of the molecule is CC(Nc1nc2c(cc1C(=O)O)CCC2)c1ccncc1. The summed E-state index contributed by atoms with van der Waals surface area (Å²) >= 11 is 0. The lowest BCUT2D eigenvalue weighted by molar-refractivity contribution is 0.0697. The van der Waals surface area contributed by atoms with E-state index in [1.165, 1.54) is 0 Å². The fraction of sp³-hybridized carbons (Fsp3) is 0.312. The molecule has 0 amide bonds. The molecular formula is C16H17N3O2. The first-order valence-corrected chi connectivity index (χ1v) is 7.07. The molecule has 2 aromatic rings. The van der Waals surface area contributed by atoms with Crippen LogP contribution in [-0.2, 0) is 12.8 Å². The van der Waals surface area contributed by atoms with E-state index in [1.54, 1.807) is 18.5 Å². The van der Waals surface area contributed by atoms with Crippen molar-refractivity contribution in [2.45, 2.75) is 32.2 Å². The number of nitrogens with zero attached hydrogens (tertiary/aromatic N) is 2. The highest BCUT2D eigenvalue weighted by Crippen LogP contribution is 2.27. The molecule has 108 valence electrons. The van der Waals surface area contributed by atoms with Crippen LogP contribution in [0.1, 0.15) is 46.6 Å². The van der Waals surface area contributed by atoms with Crippen LogP contribution in [0.2, 0.25) is 0 Å². The first kappa shape index (κ1) is 13.5. The fourth-order valence-electron chi connectivity index (χ4n) is 2.69.